The molecule has 0 unspecified atom stereocenters. The monoisotopic (exact) mass is 170 g/mol. The van der Waals surface area contributed by atoms with E-state index in [0.717, 1.165) is 5.92 Å². The third kappa shape index (κ3) is 10.5. The Balaban J connectivity index is 2.80. The highest BCUT2D eigenvalue weighted by Gasteiger charge is 1.97. The lowest BCUT2D eigenvalue weighted by Crippen LogP contribution is -1.95. The van der Waals surface area contributed by atoms with Crippen LogP contribution in [0.2, 0.25) is 10.6 Å². The van der Waals surface area contributed by atoms with E-state index in [1.807, 2.05) is 0 Å². The second kappa shape index (κ2) is 8.63. The van der Waals surface area contributed by atoms with Gasteiger partial charge in [-0.05, 0) is 0 Å². The zero-order valence-corrected chi connectivity index (χ0v) is 9.94. The highest BCUT2D eigenvalue weighted by molar-refractivity contribution is 6.35. The molecule has 0 spiro atoms. The Morgan fingerprint density at radius 1 is 1.09 bits per heavy atom. The fraction of sp³-hybridized carbons (Fsp3) is 1.00. The van der Waals surface area contributed by atoms with Crippen LogP contribution in [-0.2, 0) is 0 Å². The van der Waals surface area contributed by atoms with Crippen molar-refractivity contribution < 1.29 is 0 Å². The van der Waals surface area contributed by atoms with E-state index in [4.69, 9.17) is 0 Å². The summed E-state index contributed by atoms with van der Waals surface area (Å²) in [6.45, 7) is 6.98. The number of rotatable bonds is 7. The predicted octanol–water partition coefficient (Wildman–Crippen LogP) is 3.50. The summed E-state index contributed by atoms with van der Waals surface area (Å²) in [7, 11) is 0. The molecule has 0 bridgehead atoms. The summed E-state index contributed by atoms with van der Waals surface area (Å²) in [5.41, 5.74) is 0. The average molecular weight is 170 g/mol. The van der Waals surface area contributed by atoms with Gasteiger partial charge in [0.2, 0.25) is 15.2 Å². The van der Waals surface area contributed by atoms with Crippen LogP contribution in [0.25, 0.3) is 0 Å². The van der Waals surface area contributed by atoms with Crippen molar-refractivity contribution in [1.29, 1.82) is 0 Å². The minimum atomic E-state index is 0.336. The van der Waals surface area contributed by atoms with E-state index < -0.39 is 0 Å². The topological polar surface area (TPSA) is 0 Å². The van der Waals surface area contributed by atoms with Crippen molar-refractivity contribution in [2.24, 2.45) is 5.92 Å². The molecule has 0 aromatic heterocycles. The van der Waals surface area contributed by atoms with Crippen LogP contribution in [0.1, 0.15) is 46.5 Å². The molecule has 0 aromatic rings. The van der Waals surface area contributed by atoms with Gasteiger partial charge in [-0.25, -0.2) is 0 Å². The van der Waals surface area contributed by atoms with Gasteiger partial charge in [0.15, 0.2) is 0 Å². The summed E-state index contributed by atoms with van der Waals surface area (Å²) < 4.78 is 0. The van der Waals surface area contributed by atoms with E-state index in [9.17, 15) is 0 Å². The zero-order valence-electron chi connectivity index (χ0n) is 8.53. The van der Waals surface area contributed by atoms with Crippen LogP contribution in [0, 0.1) is 5.92 Å². The summed E-state index contributed by atoms with van der Waals surface area (Å²) in [4.78, 5) is 0. The second-order valence-corrected chi connectivity index (χ2v) is 5.94. The Morgan fingerprint density at radius 3 is 2.36 bits per heavy atom. The van der Waals surface area contributed by atoms with Crippen molar-refractivity contribution in [3.8, 4) is 0 Å². The predicted molar refractivity (Wildman–Crippen MR) is 55.7 cm³/mol. The van der Waals surface area contributed by atoms with Crippen molar-refractivity contribution in [2.75, 3.05) is 0 Å². The van der Waals surface area contributed by atoms with Gasteiger partial charge < -0.3 is 0 Å². The Labute approximate surface area is 78.5 Å². The first-order chi connectivity index (χ1) is 5.27. The van der Waals surface area contributed by atoms with Crippen LogP contribution in [0.5, 0.6) is 0 Å². The van der Waals surface area contributed by atoms with Gasteiger partial charge in [-0.15, -0.1) is 0 Å². The average Bonchev–Trinajstić information content (AvgIpc) is 1.96. The van der Waals surface area contributed by atoms with Crippen molar-refractivity contribution in [3.05, 3.63) is 0 Å². The van der Waals surface area contributed by atoms with E-state index in [1.165, 1.54) is 25.7 Å². The molecule has 0 aliphatic heterocycles. The van der Waals surface area contributed by atoms with Crippen molar-refractivity contribution in [3.63, 3.8) is 0 Å². The standard InChI is InChI=1S/C6H13.C4H9.Al.H/c1-3-5-6-4-2;1-4(2)3;;/h1,3-6H2,2H3;4H,1H2,2-3H3;;. The lowest BCUT2D eigenvalue weighted by atomic mass is 10.2. The molecular weight excluding hydrogens is 147 g/mol. The van der Waals surface area contributed by atoms with Crippen LogP contribution in [0.4, 0.5) is 0 Å². The van der Waals surface area contributed by atoms with Gasteiger partial charge in [-0.3, -0.25) is 0 Å². The highest BCUT2D eigenvalue weighted by Crippen LogP contribution is 2.06. The summed E-state index contributed by atoms with van der Waals surface area (Å²) >= 11 is 0.336. The molecule has 11 heavy (non-hydrogen) atoms. The van der Waals surface area contributed by atoms with Gasteiger partial charge in [0.25, 0.3) is 0 Å². The van der Waals surface area contributed by atoms with E-state index in [2.05, 4.69) is 20.8 Å². The molecule has 0 heterocycles. The second-order valence-electron chi connectivity index (χ2n) is 3.95. The van der Waals surface area contributed by atoms with Crippen molar-refractivity contribution in [1.82, 2.24) is 0 Å². The molecule has 0 nitrogen and oxygen atoms in total. The first-order valence-electron chi connectivity index (χ1n) is 5.27. The van der Waals surface area contributed by atoms with E-state index in [-0.39, 0.29) is 0 Å². The highest BCUT2D eigenvalue weighted by atomic mass is 27.1. The number of hydrogen-bond acceptors (Lipinski definition) is 0. The lowest BCUT2D eigenvalue weighted by Gasteiger charge is -2.00. The number of hydrogen-bond donors (Lipinski definition) is 0. The zero-order chi connectivity index (χ0) is 8.53. The Bertz CT molecular complexity index is 69.3. The molecule has 0 rings (SSSR count). The SMILES string of the molecule is CCCCC[CH2][AlH][CH2]C(C)C. The Kier molecular flexibility index (Phi) is 9.05. The van der Waals surface area contributed by atoms with Crippen LogP contribution < -0.4 is 0 Å². The van der Waals surface area contributed by atoms with Gasteiger partial charge in [-0.1, -0.05) is 62.9 Å². The van der Waals surface area contributed by atoms with Crippen molar-refractivity contribution >= 4 is 15.2 Å². The first-order valence-corrected chi connectivity index (χ1v) is 7.27. The van der Waals surface area contributed by atoms with Gasteiger partial charge >= 0.3 is 0 Å². The molecule has 1 heteroatoms. The summed E-state index contributed by atoms with van der Waals surface area (Å²) in [6, 6.07) is 0. The van der Waals surface area contributed by atoms with Crippen LogP contribution in [-0.4, -0.2) is 15.2 Å². The molecule has 0 aliphatic carbocycles. The third-order valence-corrected chi connectivity index (χ3v) is 4.70. The molecule has 0 radical (unpaired) electrons. The maximum Gasteiger partial charge on any atom is 0.237 e. The summed E-state index contributed by atoms with van der Waals surface area (Å²) in [5, 5.41) is 3.16. The minimum Gasteiger partial charge on any atom is -0.0972 e. The van der Waals surface area contributed by atoms with Gasteiger partial charge in [-0.2, -0.15) is 0 Å². The molecule has 0 saturated carbocycles. The quantitative estimate of drug-likeness (QED) is 0.405. The van der Waals surface area contributed by atoms with Gasteiger partial charge in [0, 0.05) is 0 Å². The Hall–Kier alpha value is 0.532. The molecule has 0 N–H and O–H groups in total. The molecule has 0 atom stereocenters. The maximum atomic E-state index is 2.35. The van der Waals surface area contributed by atoms with Crippen molar-refractivity contribution in [2.45, 2.75) is 57.0 Å². The van der Waals surface area contributed by atoms with Gasteiger partial charge in [0.1, 0.15) is 0 Å². The molecular formula is C10H23Al. The molecule has 0 fully saturated rings. The van der Waals surface area contributed by atoms with E-state index >= 15 is 0 Å². The largest absolute Gasteiger partial charge is 0.237 e. The van der Waals surface area contributed by atoms with E-state index in [0.29, 0.717) is 15.2 Å². The maximum absolute atomic E-state index is 2.35. The molecule has 0 saturated heterocycles. The van der Waals surface area contributed by atoms with Crippen LogP contribution in [0.3, 0.4) is 0 Å². The fourth-order valence-corrected chi connectivity index (χ4v) is 3.15. The minimum absolute atomic E-state index is 0.336. The molecule has 0 aliphatic rings. The molecule has 0 amide bonds. The summed E-state index contributed by atoms with van der Waals surface area (Å²) in [6.07, 6.45) is 5.84. The fourth-order valence-electron chi connectivity index (χ4n) is 1.33. The van der Waals surface area contributed by atoms with E-state index in [1.54, 1.807) is 10.6 Å². The Morgan fingerprint density at radius 2 is 1.82 bits per heavy atom. The first kappa shape index (κ1) is 11.5. The van der Waals surface area contributed by atoms with Crippen LogP contribution >= 0.6 is 0 Å². The lowest BCUT2D eigenvalue weighted by molar-refractivity contribution is 0.692. The molecule has 66 valence electrons. The van der Waals surface area contributed by atoms with Gasteiger partial charge in [0.05, 0.1) is 0 Å². The molecule has 0 aromatic carbocycles. The van der Waals surface area contributed by atoms with Crippen LogP contribution in [0.15, 0.2) is 0 Å². The smallest absolute Gasteiger partial charge is 0.0972 e. The normalized spacial score (nSPS) is 10.5. The number of unbranched alkanes of at least 4 members (excludes halogenated alkanes) is 3. The summed E-state index contributed by atoms with van der Waals surface area (Å²) in [5.74, 6) is 0.966. The third-order valence-electron chi connectivity index (χ3n) is 2.14.